The molecule has 0 bridgehead atoms. The van der Waals surface area contributed by atoms with Crippen molar-refractivity contribution in [3.05, 3.63) is 21.4 Å². The van der Waals surface area contributed by atoms with Gasteiger partial charge in [-0.3, -0.25) is 0 Å². The molecule has 1 aliphatic rings. The van der Waals surface area contributed by atoms with E-state index in [4.69, 9.17) is 15.0 Å². The zero-order valence-electron chi connectivity index (χ0n) is 9.45. The first-order chi connectivity index (χ1) is 8.73. The minimum absolute atomic E-state index is 0.497. The average Bonchev–Trinajstić information content (AvgIpc) is 2.72. The van der Waals surface area contributed by atoms with Crippen molar-refractivity contribution in [1.82, 2.24) is 5.32 Å². The zero-order valence-corrected chi connectivity index (χ0v) is 10.3. The molecule has 0 fully saturated rings. The van der Waals surface area contributed by atoms with Crippen LogP contribution in [-0.2, 0) is 17.8 Å². The fraction of sp³-hybridized carbons (Fsp3) is 0.400. The van der Waals surface area contributed by atoms with Gasteiger partial charge < -0.3 is 15.5 Å². The van der Waals surface area contributed by atoms with Gasteiger partial charge in [0.05, 0.1) is 5.56 Å². The fourth-order valence-corrected chi connectivity index (χ4v) is 2.48. The summed E-state index contributed by atoms with van der Waals surface area (Å²) in [5, 5.41) is 20.9. The minimum atomic E-state index is -5.08. The summed E-state index contributed by atoms with van der Waals surface area (Å²) in [5.74, 6) is -3.55. The Kier molecular flexibility index (Phi) is 4.90. The highest BCUT2D eigenvalue weighted by atomic mass is 32.1. The number of carbonyl (C=O) groups is 2. The highest BCUT2D eigenvalue weighted by molar-refractivity contribution is 7.10. The van der Waals surface area contributed by atoms with Crippen LogP contribution in [0.3, 0.4) is 0 Å². The number of halogens is 3. The van der Waals surface area contributed by atoms with E-state index >= 15 is 0 Å². The number of aromatic carboxylic acids is 1. The van der Waals surface area contributed by atoms with E-state index in [9.17, 15) is 18.0 Å². The molecule has 5 nitrogen and oxygen atoms in total. The molecular formula is C10H10F3NO4S. The van der Waals surface area contributed by atoms with Crippen molar-refractivity contribution in [3.63, 3.8) is 0 Å². The van der Waals surface area contributed by atoms with Crippen molar-refractivity contribution < 1.29 is 33.0 Å². The van der Waals surface area contributed by atoms with Crippen LogP contribution in [0.4, 0.5) is 13.2 Å². The van der Waals surface area contributed by atoms with Crippen LogP contribution in [0.15, 0.2) is 5.38 Å². The monoisotopic (exact) mass is 297 g/mol. The summed E-state index contributed by atoms with van der Waals surface area (Å²) >= 11 is 1.54. The van der Waals surface area contributed by atoms with Gasteiger partial charge in [0.1, 0.15) is 0 Å². The number of rotatable bonds is 1. The quantitative estimate of drug-likeness (QED) is 0.735. The second-order valence-electron chi connectivity index (χ2n) is 3.59. The van der Waals surface area contributed by atoms with Gasteiger partial charge >= 0.3 is 18.1 Å². The van der Waals surface area contributed by atoms with Crippen molar-refractivity contribution >= 4 is 23.3 Å². The van der Waals surface area contributed by atoms with Gasteiger partial charge in [-0.2, -0.15) is 13.2 Å². The van der Waals surface area contributed by atoms with Crippen molar-refractivity contribution in [2.24, 2.45) is 0 Å². The number of carboxylic acids is 2. The Morgan fingerprint density at radius 2 is 1.89 bits per heavy atom. The first-order valence-electron chi connectivity index (χ1n) is 5.07. The van der Waals surface area contributed by atoms with E-state index in [1.807, 2.05) is 0 Å². The lowest BCUT2D eigenvalue weighted by atomic mass is 10.1. The summed E-state index contributed by atoms with van der Waals surface area (Å²) in [4.78, 5) is 20.8. The number of nitrogens with one attached hydrogen (secondary N) is 1. The number of thiophene rings is 1. The van der Waals surface area contributed by atoms with Crippen molar-refractivity contribution in [3.8, 4) is 0 Å². The lowest BCUT2D eigenvalue weighted by Gasteiger charge is -2.12. The van der Waals surface area contributed by atoms with Crippen LogP contribution in [-0.4, -0.2) is 34.9 Å². The molecule has 1 aromatic heterocycles. The predicted octanol–water partition coefficient (Wildman–Crippen LogP) is 1.73. The van der Waals surface area contributed by atoms with E-state index in [0.29, 0.717) is 5.56 Å². The molecule has 0 aliphatic carbocycles. The predicted molar refractivity (Wildman–Crippen MR) is 60.4 cm³/mol. The Hall–Kier alpha value is -1.61. The van der Waals surface area contributed by atoms with Gasteiger partial charge in [0.15, 0.2) is 0 Å². The van der Waals surface area contributed by atoms with E-state index in [1.165, 1.54) is 16.2 Å². The molecule has 19 heavy (non-hydrogen) atoms. The summed E-state index contributed by atoms with van der Waals surface area (Å²) in [6.07, 6.45) is -4.24. The molecule has 0 spiro atoms. The van der Waals surface area contributed by atoms with Crippen LogP contribution < -0.4 is 5.32 Å². The molecule has 0 unspecified atom stereocenters. The van der Waals surface area contributed by atoms with Crippen LogP contribution in [0.1, 0.15) is 20.8 Å². The van der Waals surface area contributed by atoms with Crippen LogP contribution in [0, 0.1) is 0 Å². The summed E-state index contributed by atoms with van der Waals surface area (Å²) in [7, 11) is 0. The van der Waals surface area contributed by atoms with E-state index in [-0.39, 0.29) is 0 Å². The summed E-state index contributed by atoms with van der Waals surface area (Å²) in [6, 6.07) is 0. The number of hydrogen-bond donors (Lipinski definition) is 3. The Morgan fingerprint density at radius 3 is 2.37 bits per heavy atom. The molecule has 0 saturated heterocycles. The lowest BCUT2D eigenvalue weighted by molar-refractivity contribution is -0.192. The Morgan fingerprint density at radius 1 is 1.32 bits per heavy atom. The largest absolute Gasteiger partial charge is 0.490 e. The Bertz CT molecular complexity index is 484. The highest BCUT2D eigenvalue weighted by Gasteiger charge is 2.38. The van der Waals surface area contributed by atoms with Gasteiger partial charge in [-0.05, 0) is 18.5 Å². The number of fused-ring (bicyclic) bond motifs is 1. The summed E-state index contributed by atoms with van der Waals surface area (Å²) in [5.41, 5.74) is 1.53. The maximum Gasteiger partial charge on any atom is 0.490 e. The first-order valence-corrected chi connectivity index (χ1v) is 5.94. The van der Waals surface area contributed by atoms with Crippen LogP contribution >= 0.6 is 11.3 Å². The molecule has 0 atom stereocenters. The zero-order chi connectivity index (χ0) is 14.6. The standard InChI is InChI=1S/C8H9NO2S.C2HF3O2/c10-8(11)6-4-12-7-3-9-2-1-5(6)7;3-2(4,5)1(6)7/h4,9H,1-3H2,(H,10,11);(H,6,7). The topological polar surface area (TPSA) is 86.6 Å². The van der Waals surface area contributed by atoms with Gasteiger partial charge in [0.2, 0.25) is 0 Å². The highest BCUT2D eigenvalue weighted by Crippen LogP contribution is 2.25. The third-order valence-electron chi connectivity index (χ3n) is 2.29. The van der Waals surface area contributed by atoms with Crippen molar-refractivity contribution in [2.75, 3.05) is 6.54 Å². The molecule has 0 amide bonds. The smallest absolute Gasteiger partial charge is 0.478 e. The van der Waals surface area contributed by atoms with Crippen LogP contribution in [0.5, 0.6) is 0 Å². The van der Waals surface area contributed by atoms with Crippen molar-refractivity contribution in [2.45, 2.75) is 19.1 Å². The molecule has 0 aromatic carbocycles. The molecule has 2 rings (SSSR count). The number of hydrogen-bond acceptors (Lipinski definition) is 4. The molecule has 9 heteroatoms. The SMILES string of the molecule is O=C(O)C(F)(F)F.O=C(O)c1csc2c1CCNC2. The van der Waals surface area contributed by atoms with Crippen LogP contribution in [0.2, 0.25) is 0 Å². The minimum Gasteiger partial charge on any atom is -0.478 e. The number of aliphatic carboxylic acids is 1. The summed E-state index contributed by atoms with van der Waals surface area (Å²) < 4.78 is 31.7. The molecule has 0 radical (unpaired) electrons. The van der Waals surface area contributed by atoms with Gasteiger partial charge in [-0.15, -0.1) is 11.3 Å². The van der Waals surface area contributed by atoms with Gasteiger partial charge in [-0.25, -0.2) is 9.59 Å². The van der Waals surface area contributed by atoms with E-state index < -0.39 is 18.1 Å². The molecular weight excluding hydrogens is 287 g/mol. The molecule has 1 aromatic rings. The molecule has 3 N–H and O–H groups in total. The third-order valence-corrected chi connectivity index (χ3v) is 3.32. The maximum absolute atomic E-state index is 10.7. The number of alkyl halides is 3. The second kappa shape index (κ2) is 6.02. The number of carboxylic acid groups (broad SMARTS) is 2. The molecule has 1 aliphatic heterocycles. The maximum atomic E-state index is 10.7. The Labute approximate surface area is 109 Å². The average molecular weight is 297 g/mol. The third kappa shape index (κ3) is 4.21. The molecule has 2 heterocycles. The Balaban J connectivity index is 0.000000224. The van der Waals surface area contributed by atoms with Crippen molar-refractivity contribution in [1.29, 1.82) is 0 Å². The first kappa shape index (κ1) is 15.4. The van der Waals surface area contributed by atoms with Gasteiger partial charge in [0.25, 0.3) is 0 Å². The van der Waals surface area contributed by atoms with Gasteiger partial charge in [0, 0.05) is 16.8 Å². The van der Waals surface area contributed by atoms with E-state index in [2.05, 4.69) is 5.32 Å². The molecule has 106 valence electrons. The lowest BCUT2D eigenvalue weighted by Crippen LogP contribution is -2.23. The van der Waals surface area contributed by atoms with Crippen LogP contribution in [0.25, 0.3) is 0 Å². The van der Waals surface area contributed by atoms with Gasteiger partial charge in [-0.1, -0.05) is 0 Å². The van der Waals surface area contributed by atoms with E-state index in [0.717, 1.165) is 25.1 Å². The normalized spacial score (nSPS) is 14.1. The summed E-state index contributed by atoms with van der Waals surface area (Å²) in [6.45, 7) is 1.72. The molecule has 0 saturated carbocycles. The van der Waals surface area contributed by atoms with E-state index in [1.54, 1.807) is 5.38 Å². The second-order valence-corrected chi connectivity index (χ2v) is 4.55. The fourth-order valence-electron chi connectivity index (χ4n) is 1.44.